The van der Waals surface area contributed by atoms with E-state index in [4.69, 9.17) is 0 Å². The van der Waals surface area contributed by atoms with Crippen molar-refractivity contribution < 1.29 is 9.72 Å². The Morgan fingerprint density at radius 3 is 2.44 bits per heavy atom. The fourth-order valence-electron chi connectivity index (χ4n) is 2.54. The molecule has 7 heteroatoms. The van der Waals surface area contributed by atoms with Gasteiger partial charge in [-0.2, -0.15) is 0 Å². The van der Waals surface area contributed by atoms with Gasteiger partial charge in [0.2, 0.25) is 0 Å². The molecule has 0 aliphatic heterocycles. The van der Waals surface area contributed by atoms with Crippen LogP contribution in [-0.2, 0) is 13.1 Å². The summed E-state index contributed by atoms with van der Waals surface area (Å²) in [6, 6.07) is 12.3. The van der Waals surface area contributed by atoms with Crippen molar-refractivity contribution in [2.24, 2.45) is 0 Å². The fraction of sp³-hybridized carbons (Fsp3) is 0.278. The number of amides is 1. The third-order valence-corrected chi connectivity index (χ3v) is 3.77. The van der Waals surface area contributed by atoms with Crippen molar-refractivity contribution in [2.45, 2.75) is 13.1 Å². The average Bonchev–Trinajstić information content (AvgIpc) is 2.59. The lowest BCUT2D eigenvalue weighted by Gasteiger charge is -2.14. The maximum absolute atomic E-state index is 12.4. The molecular formula is C18H22N4O3. The topological polar surface area (TPSA) is 87.5 Å². The van der Waals surface area contributed by atoms with Crippen molar-refractivity contribution in [1.82, 2.24) is 10.2 Å². The number of hydrogen-bond donors (Lipinski definition) is 2. The Morgan fingerprint density at radius 2 is 1.84 bits per heavy atom. The second kappa shape index (κ2) is 8.25. The van der Waals surface area contributed by atoms with E-state index in [1.165, 1.54) is 12.1 Å². The highest BCUT2D eigenvalue weighted by molar-refractivity contribution is 5.95. The minimum Gasteiger partial charge on any atom is -0.383 e. The number of nitro benzene ring substituents is 1. The molecular weight excluding hydrogens is 320 g/mol. The summed E-state index contributed by atoms with van der Waals surface area (Å²) in [5, 5.41) is 16.7. The van der Waals surface area contributed by atoms with Gasteiger partial charge in [-0.05, 0) is 37.4 Å². The number of anilines is 1. The SMILES string of the molecule is CNc1ccc(C(=O)NCc2ccccc2CN(C)C)cc1[N+](=O)[O-]. The van der Waals surface area contributed by atoms with Crippen molar-refractivity contribution >= 4 is 17.3 Å². The Balaban J connectivity index is 2.13. The van der Waals surface area contributed by atoms with Gasteiger partial charge in [-0.15, -0.1) is 0 Å². The zero-order valence-corrected chi connectivity index (χ0v) is 14.6. The summed E-state index contributed by atoms with van der Waals surface area (Å²) in [5.74, 6) is -0.342. The van der Waals surface area contributed by atoms with E-state index in [1.807, 2.05) is 38.4 Å². The van der Waals surface area contributed by atoms with E-state index in [-0.39, 0.29) is 17.2 Å². The maximum Gasteiger partial charge on any atom is 0.293 e. The molecule has 0 aromatic heterocycles. The molecule has 25 heavy (non-hydrogen) atoms. The molecule has 0 saturated carbocycles. The van der Waals surface area contributed by atoms with Crippen molar-refractivity contribution in [3.8, 4) is 0 Å². The fourth-order valence-corrected chi connectivity index (χ4v) is 2.54. The molecule has 0 saturated heterocycles. The molecule has 2 N–H and O–H groups in total. The second-order valence-corrected chi connectivity index (χ2v) is 5.93. The molecule has 0 aliphatic rings. The first-order valence-electron chi connectivity index (χ1n) is 7.88. The van der Waals surface area contributed by atoms with Crippen LogP contribution in [-0.4, -0.2) is 36.9 Å². The predicted molar refractivity (Wildman–Crippen MR) is 97.6 cm³/mol. The van der Waals surface area contributed by atoms with Crippen molar-refractivity contribution in [1.29, 1.82) is 0 Å². The van der Waals surface area contributed by atoms with Crippen LogP contribution in [0.15, 0.2) is 42.5 Å². The van der Waals surface area contributed by atoms with Gasteiger partial charge in [0.1, 0.15) is 5.69 Å². The number of rotatable bonds is 7. The minimum absolute atomic E-state index is 0.122. The molecule has 0 bridgehead atoms. The van der Waals surface area contributed by atoms with E-state index in [0.717, 1.165) is 17.7 Å². The standard InChI is InChI=1S/C18H22N4O3/c1-19-16-9-8-13(10-17(16)22(24)25)18(23)20-11-14-6-4-5-7-15(14)12-21(2)3/h4-10,19H,11-12H2,1-3H3,(H,20,23). The van der Waals surface area contributed by atoms with Gasteiger partial charge in [0.05, 0.1) is 4.92 Å². The van der Waals surface area contributed by atoms with Gasteiger partial charge in [0, 0.05) is 31.8 Å². The van der Waals surface area contributed by atoms with Crippen LogP contribution < -0.4 is 10.6 Å². The Kier molecular flexibility index (Phi) is 6.08. The Bertz CT molecular complexity index is 775. The van der Waals surface area contributed by atoms with Gasteiger partial charge in [-0.25, -0.2) is 0 Å². The number of carbonyl (C=O) groups is 1. The van der Waals surface area contributed by atoms with Gasteiger partial charge in [-0.3, -0.25) is 14.9 Å². The van der Waals surface area contributed by atoms with Crippen LogP contribution in [0.4, 0.5) is 11.4 Å². The summed E-state index contributed by atoms with van der Waals surface area (Å²) in [4.78, 5) is 25.0. The third kappa shape index (κ3) is 4.77. The highest BCUT2D eigenvalue weighted by atomic mass is 16.6. The third-order valence-electron chi connectivity index (χ3n) is 3.77. The molecule has 0 unspecified atom stereocenters. The van der Waals surface area contributed by atoms with Gasteiger partial charge < -0.3 is 15.5 Å². The smallest absolute Gasteiger partial charge is 0.293 e. The summed E-state index contributed by atoms with van der Waals surface area (Å²) < 4.78 is 0. The van der Waals surface area contributed by atoms with Crippen LogP contribution in [0.1, 0.15) is 21.5 Å². The monoisotopic (exact) mass is 342 g/mol. The number of nitrogens with one attached hydrogen (secondary N) is 2. The van der Waals surface area contributed by atoms with Crippen molar-refractivity contribution in [3.05, 3.63) is 69.3 Å². The Labute approximate surface area is 146 Å². The van der Waals surface area contributed by atoms with Gasteiger partial charge >= 0.3 is 0 Å². The van der Waals surface area contributed by atoms with Gasteiger partial charge in [0.25, 0.3) is 11.6 Å². The van der Waals surface area contributed by atoms with Crippen LogP contribution in [0.5, 0.6) is 0 Å². The summed E-state index contributed by atoms with van der Waals surface area (Å²) in [6.45, 7) is 1.14. The molecule has 2 rings (SSSR count). The van der Waals surface area contributed by atoms with Crippen LogP contribution >= 0.6 is 0 Å². The van der Waals surface area contributed by atoms with Crippen LogP contribution in [0.25, 0.3) is 0 Å². The summed E-state index contributed by atoms with van der Waals surface area (Å²) in [5.41, 5.74) is 2.66. The predicted octanol–water partition coefficient (Wildman–Crippen LogP) is 2.63. The lowest BCUT2D eigenvalue weighted by molar-refractivity contribution is -0.384. The number of nitro groups is 1. The molecule has 1 amide bonds. The molecule has 0 atom stereocenters. The zero-order chi connectivity index (χ0) is 18.4. The summed E-state index contributed by atoms with van der Waals surface area (Å²) in [6.07, 6.45) is 0. The summed E-state index contributed by atoms with van der Waals surface area (Å²) >= 11 is 0. The van der Waals surface area contributed by atoms with Crippen LogP contribution in [0.2, 0.25) is 0 Å². The first-order chi connectivity index (χ1) is 11.9. The normalized spacial score (nSPS) is 10.6. The lowest BCUT2D eigenvalue weighted by Crippen LogP contribution is -2.24. The lowest BCUT2D eigenvalue weighted by atomic mass is 10.1. The molecule has 2 aromatic carbocycles. The van der Waals surface area contributed by atoms with Gasteiger partial charge in [0.15, 0.2) is 0 Å². The Hall–Kier alpha value is -2.93. The minimum atomic E-state index is -0.505. The first kappa shape index (κ1) is 18.4. The average molecular weight is 342 g/mol. The molecule has 132 valence electrons. The molecule has 7 nitrogen and oxygen atoms in total. The van der Waals surface area contributed by atoms with Crippen LogP contribution in [0, 0.1) is 10.1 Å². The largest absolute Gasteiger partial charge is 0.383 e. The van der Waals surface area contributed by atoms with E-state index >= 15 is 0 Å². The zero-order valence-electron chi connectivity index (χ0n) is 14.6. The molecule has 0 fully saturated rings. The number of nitrogens with zero attached hydrogens (tertiary/aromatic N) is 2. The van der Waals surface area contributed by atoms with E-state index in [0.29, 0.717) is 12.2 Å². The quantitative estimate of drug-likeness (QED) is 0.596. The molecule has 0 spiro atoms. The first-order valence-corrected chi connectivity index (χ1v) is 7.88. The molecule has 2 aromatic rings. The summed E-state index contributed by atoms with van der Waals surface area (Å²) in [7, 11) is 5.57. The van der Waals surface area contributed by atoms with E-state index < -0.39 is 4.92 Å². The van der Waals surface area contributed by atoms with Gasteiger partial charge in [-0.1, -0.05) is 24.3 Å². The van der Waals surface area contributed by atoms with Crippen LogP contribution in [0.3, 0.4) is 0 Å². The molecule has 0 radical (unpaired) electrons. The number of benzene rings is 2. The van der Waals surface area contributed by atoms with E-state index in [1.54, 1.807) is 13.1 Å². The Morgan fingerprint density at radius 1 is 1.16 bits per heavy atom. The molecule has 0 aliphatic carbocycles. The number of hydrogen-bond acceptors (Lipinski definition) is 5. The van der Waals surface area contributed by atoms with E-state index in [2.05, 4.69) is 15.5 Å². The van der Waals surface area contributed by atoms with E-state index in [9.17, 15) is 14.9 Å². The van der Waals surface area contributed by atoms with Crippen molar-refractivity contribution in [2.75, 3.05) is 26.5 Å². The number of carbonyl (C=O) groups excluding carboxylic acids is 1. The highest BCUT2D eigenvalue weighted by Crippen LogP contribution is 2.25. The molecule has 0 heterocycles. The maximum atomic E-state index is 12.4. The van der Waals surface area contributed by atoms with Crippen molar-refractivity contribution in [3.63, 3.8) is 0 Å². The second-order valence-electron chi connectivity index (χ2n) is 5.93. The highest BCUT2D eigenvalue weighted by Gasteiger charge is 2.17.